The molecule has 0 aliphatic heterocycles. The Morgan fingerprint density at radius 1 is 1.20 bits per heavy atom. The van der Waals surface area contributed by atoms with Gasteiger partial charge in [-0.05, 0) is 43.3 Å². The van der Waals surface area contributed by atoms with Crippen molar-refractivity contribution in [2.45, 2.75) is 13.8 Å². The van der Waals surface area contributed by atoms with Crippen LogP contribution in [0.15, 0.2) is 47.0 Å². The molecule has 3 aromatic rings. The first kappa shape index (κ1) is 16.3. The van der Waals surface area contributed by atoms with Gasteiger partial charge in [0.05, 0.1) is 4.92 Å². The van der Waals surface area contributed by atoms with E-state index in [4.69, 9.17) is 9.26 Å². The molecule has 0 unspecified atom stereocenters. The second-order valence-corrected chi connectivity index (χ2v) is 5.26. The fraction of sp³-hybridized carbons (Fsp3) is 0.118. The van der Waals surface area contributed by atoms with Crippen LogP contribution in [0.3, 0.4) is 0 Å². The zero-order valence-corrected chi connectivity index (χ0v) is 13.4. The Labute approximate surface area is 142 Å². The molecule has 0 radical (unpaired) electrons. The molecule has 3 rings (SSSR count). The van der Waals surface area contributed by atoms with Gasteiger partial charge in [-0.1, -0.05) is 5.16 Å². The first-order chi connectivity index (χ1) is 11.9. The maximum atomic E-state index is 11.4. The standard InChI is InChI=1S/C17H13N3O5/c1-10(21)13-5-8-16(15(9-13)20(22)23)24-14-6-3-12(4-7-14)17-18-11(2)25-19-17/h3-9H,1-2H3. The molecule has 126 valence electrons. The second-order valence-electron chi connectivity index (χ2n) is 5.26. The summed E-state index contributed by atoms with van der Waals surface area (Å²) in [6.45, 7) is 3.04. The van der Waals surface area contributed by atoms with E-state index >= 15 is 0 Å². The van der Waals surface area contributed by atoms with E-state index in [1.807, 2.05) is 0 Å². The van der Waals surface area contributed by atoms with E-state index in [1.165, 1.54) is 25.1 Å². The summed E-state index contributed by atoms with van der Waals surface area (Å²) in [5.74, 6) is 1.10. The van der Waals surface area contributed by atoms with E-state index in [0.29, 0.717) is 17.5 Å². The number of hydrogen-bond donors (Lipinski definition) is 0. The normalized spacial score (nSPS) is 10.5. The number of Topliss-reactive ketones (excluding diaryl/α,β-unsaturated/α-hetero) is 1. The summed E-state index contributed by atoms with van der Waals surface area (Å²) in [6.07, 6.45) is 0. The summed E-state index contributed by atoms with van der Waals surface area (Å²) >= 11 is 0. The summed E-state index contributed by atoms with van der Waals surface area (Å²) in [4.78, 5) is 26.1. The van der Waals surface area contributed by atoms with Gasteiger partial charge >= 0.3 is 5.69 Å². The lowest BCUT2D eigenvalue weighted by Gasteiger charge is -2.07. The Morgan fingerprint density at radius 2 is 1.92 bits per heavy atom. The highest BCUT2D eigenvalue weighted by molar-refractivity contribution is 5.95. The highest BCUT2D eigenvalue weighted by Crippen LogP contribution is 2.33. The Balaban J connectivity index is 1.87. The van der Waals surface area contributed by atoms with Gasteiger partial charge in [0.15, 0.2) is 5.78 Å². The van der Waals surface area contributed by atoms with E-state index in [-0.39, 0.29) is 22.8 Å². The number of nitro benzene ring substituents is 1. The lowest BCUT2D eigenvalue weighted by atomic mass is 10.1. The molecule has 0 saturated heterocycles. The molecule has 25 heavy (non-hydrogen) atoms. The quantitative estimate of drug-likeness (QED) is 0.393. The average molecular weight is 339 g/mol. The van der Waals surface area contributed by atoms with E-state index < -0.39 is 4.92 Å². The van der Waals surface area contributed by atoms with Gasteiger partial charge in [-0.25, -0.2) is 0 Å². The van der Waals surface area contributed by atoms with Crippen LogP contribution in [-0.2, 0) is 0 Å². The number of aryl methyl sites for hydroxylation is 1. The number of hydrogen-bond acceptors (Lipinski definition) is 7. The maximum absolute atomic E-state index is 11.4. The van der Waals surface area contributed by atoms with Crippen LogP contribution >= 0.6 is 0 Å². The molecule has 0 amide bonds. The number of nitro groups is 1. The summed E-state index contributed by atoms with van der Waals surface area (Å²) in [6, 6.07) is 10.8. The first-order valence-electron chi connectivity index (χ1n) is 7.32. The number of carbonyl (C=O) groups is 1. The fourth-order valence-corrected chi connectivity index (χ4v) is 2.18. The molecular weight excluding hydrogens is 326 g/mol. The van der Waals surface area contributed by atoms with Crippen molar-refractivity contribution in [2.75, 3.05) is 0 Å². The van der Waals surface area contributed by atoms with Gasteiger partial charge < -0.3 is 9.26 Å². The van der Waals surface area contributed by atoms with Gasteiger partial charge in [0.1, 0.15) is 5.75 Å². The van der Waals surface area contributed by atoms with Crippen molar-refractivity contribution in [3.63, 3.8) is 0 Å². The largest absolute Gasteiger partial charge is 0.450 e. The number of ether oxygens (including phenoxy) is 1. The third kappa shape index (κ3) is 3.52. The third-order valence-corrected chi connectivity index (χ3v) is 3.43. The van der Waals surface area contributed by atoms with Crippen LogP contribution in [0.5, 0.6) is 11.5 Å². The fourth-order valence-electron chi connectivity index (χ4n) is 2.18. The average Bonchev–Trinajstić information content (AvgIpc) is 3.02. The molecule has 1 heterocycles. The smallest absolute Gasteiger partial charge is 0.312 e. The van der Waals surface area contributed by atoms with Crippen molar-refractivity contribution in [3.8, 4) is 22.9 Å². The van der Waals surface area contributed by atoms with Crippen molar-refractivity contribution in [1.82, 2.24) is 10.1 Å². The molecule has 0 bridgehead atoms. The number of nitrogens with zero attached hydrogens (tertiary/aromatic N) is 3. The first-order valence-corrected chi connectivity index (χ1v) is 7.32. The second kappa shape index (κ2) is 6.52. The van der Waals surface area contributed by atoms with Gasteiger partial charge in [-0.15, -0.1) is 0 Å². The van der Waals surface area contributed by atoms with Gasteiger partial charge in [-0.3, -0.25) is 14.9 Å². The minimum Gasteiger partial charge on any atom is -0.450 e. The Morgan fingerprint density at radius 3 is 2.48 bits per heavy atom. The van der Waals surface area contributed by atoms with Crippen LogP contribution in [0.2, 0.25) is 0 Å². The number of aromatic nitrogens is 2. The van der Waals surface area contributed by atoms with Crippen LogP contribution in [-0.4, -0.2) is 20.8 Å². The van der Waals surface area contributed by atoms with E-state index in [9.17, 15) is 14.9 Å². The molecule has 0 N–H and O–H groups in total. The van der Waals surface area contributed by atoms with E-state index in [1.54, 1.807) is 31.2 Å². The van der Waals surface area contributed by atoms with Crippen molar-refractivity contribution < 1.29 is 19.0 Å². The molecule has 0 aliphatic rings. The molecule has 2 aromatic carbocycles. The van der Waals surface area contributed by atoms with Gasteiger partial charge in [0.25, 0.3) is 0 Å². The number of rotatable bonds is 5. The third-order valence-electron chi connectivity index (χ3n) is 3.43. The van der Waals surface area contributed by atoms with Crippen molar-refractivity contribution >= 4 is 11.5 Å². The van der Waals surface area contributed by atoms with E-state index in [2.05, 4.69) is 10.1 Å². The van der Waals surface area contributed by atoms with E-state index in [0.717, 1.165) is 5.56 Å². The van der Waals surface area contributed by atoms with Crippen molar-refractivity contribution in [1.29, 1.82) is 0 Å². The van der Waals surface area contributed by atoms with Crippen LogP contribution in [0.25, 0.3) is 11.4 Å². The predicted octanol–water partition coefficient (Wildman–Crippen LogP) is 3.95. The molecule has 8 heteroatoms. The SMILES string of the molecule is CC(=O)c1ccc(Oc2ccc(-c3noc(C)n3)cc2)c([N+](=O)[O-])c1. The monoisotopic (exact) mass is 339 g/mol. The summed E-state index contributed by atoms with van der Waals surface area (Å²) in [5, 5.41) is 15.0. The molecule has 0 saturated carbocycles. The van der Waals surface area contributed by atoms with Crippen LogP contribution in [0.4, 0.5) is 5.69 Å². The van der Waals surface area contributed by atoms with Crippen LogP contribution in [0.1, 0.15) is 23.2 Å². The highest BCUT2D eigenvalue weighted by Gasteiger charge is 2.18. The predicted molar refractivity (Wildman–Crippen MR) is 87.6 cm³/mol. The van der Waals surface area contributed by atoms with Gasteiger partial charge in [-0.2, -0.15) is 4.98 Å². The molecule has 1 aromatic heterocycles. The summed E-state index contributed by atoms with van der Waals surface area (Å²) < 4.78 is 10.5. The lowest BCUT2D eigenvalue weighted by Crippen LogP contribution is -1.98. The lowest BCUT2D eigenvalue weighted by molar-refractivity contribution is -0.385. The van der Waals surface area contributed by atoms with Gasteiger partial charge in [0.2, 0.25) is 17.5 Å². The van der Waals surface area contributed by atoms with Crippen LogP contribution in [0, 0.1) is 17.0 Å². The zero-order valence-electron chi connectivity index (χ0n) is 13.4. The zero-order chi connectivity index (χ0) is 18.0. The van der Waals surface area contributed by atoms with Gasteiger partial charge in [0, 0.05) is 24.1 Å². The highest BCUT2D eigenvalue weighted by atomic mass is 16.6. The molecule has 8 nitrogen and oxygen atoms in total. The number of ketones is 1. The van der Waals surface area contributed by atoms with Crippen molar-refractivity contribution in [3.05, 3.63) is 64.0 Å². The Hall–Kier alpha value is -3.55. The minimum atomic E-state index is -0.585. The topological polar surface area (TPSA) is 108 Å². The minimum absolute atomic E-state index is 0.0538. The van der Waals surface area contributed by atoms with Crippen molar-refractivity contribution in [2.24, 2.45) is 0 Å². The summed E-state index contributed by atoms with van der Waals surface area (Å²) in [5.41, 5.74) is 0.707. The Kier molecular flexibility index (Phi) is 4.25. The molecule has 0 spiro atoms. The number of carbonyl (C=O) groups excluding carboxylic acids is 1. The maximum Gasteiger partial charge on any atom is 0.312 e. The Bertz CT molecular complexity index is 947. The summed E-state index contributed by atoms with van der Waals surface area (Å²) in [7, 11) is 0. The number of benzene rings is 2. The van der Waals surface area contributed by atoms with Crippen LogP contribution < -0.4 is 4.74 Å². The molecule has 0 atom stereocenters. The molecule has 0 fully saturated rings. The molecular formula is C17H13N3O5. The molecule has 0 aliphatic carbocycles.